The number of ether oxygens (including phenoxy) is 1. The van der Waals surface area contributed by atoms with Crippen LogP contribution in [0.25, 0.3) is 0 Å². The van der Waals surface area contributed by atoms with Gasteiger partial charge in [0.2, 0.25) is 11.7 Å². The zero-order valence-electron chi connectivity index (χ0n) is 20.0. The fourth-order valence-corrected chi connectivity index (χ4v) is 4.53. The zero-order chi connectivity index (χ0) is 25.2. The summed E-state index contributed by atoms with van der Waals surface area (Å²) >= 11 is 1.37. The molecule has 3 N–H and O–H groups in total. The van der Waals surface area contributed by atoms with Crippen LogP contribution in [0.2, 0.25) is 0 Å². The number of carbonyl (C=O) groups is 4. The Labute approximate surface area is 209 Å². The molecule has 3 amide bonds. The van der Waals surface area contributed by atoms with Crippen molar-refractivity contribution >= 4 is 35.2 Å². The normalized spacial score (nSPS) is 17.5. The van der Waals surface area contributed by atoms with Crippen LogP contribution in [0, 0.1) is 5.92 Å². The monoisotopic (exact) mass is 500 g/mol. The largest absolute Gasteiger partial charge is 0.445 e. The van der Waals surface area contributed by atoms with Crippen molar-refractivity contribution < 1.29 is 23.9 Å². The van der Waals surface area contributed by atoms with Crippen LogP contribution >= 0.6 is 11.5 Å². The van der Waals surface area contributed by atoms with Crippen molar-refractivity contribution in [2.75, 3.05) is 6.54 Å². The number of aryl methyl sites for hydroxylation is 1. The van der Waals surface area contributed by atoms with E-state index in [0.717, 1.165) is 29.7 Å². The van der Waals surface area contributed by atoms with Crippen LogP contribution in [0.5, 0.6) is 0 Å². The Morgan fingerprint density at radius 3 is 2.71 bits per heavy atom. The Morgan fingerprint density at radius 1 is 1.20 bits per heavy atom. The summed E-state index contributed by atoms with van der Waals surface area (Å²) in [4.78, 5) is 52.0. The first kappa shape index (κ1) is 26.3. The van der Waals surface area contributed by atoms with Crippen molar-refractivity contribution in [2.24, 2.45) is 5.92 Å². The average molecular weight is 501 g/mol. The number of fused-ring (bicyclic) bond motifs is 2. The molecule has 0 radical (unpaired) electrons. The second-order valence-electron chi connectivity index (χ2n) is 9.02. The molecule has 2 unspecified atom stereocenters. The molecule has 2 bridgehead atoms. The zero-order valence-corrected chi connectivity index (χ0v) is 20.9. The predicted octanol–water partition coefficient (Wildman–Crippen LogP) is 2.53. The van der Waals surface area contributed by atoms with E-state index >= 15 is 0 Å². The molecule has 3 rings (SSSR count). The molecule has 35 heavy (non-hydrogen) atoms. The second-order valence-corrected chi connectivity index (χ2v) is 9.90. The highest BCUT2D eigenvalue weighted by atomic mass is 32.1. The minimum Gasteiger partial charge on any atom is -0.445 e. The molecule has 2 heterocycles. The van der Waals surface area contributed by atoms with E-state index in [1.165, 1.54) is 11.5 Å². The number of Topliss-reactive ketones (excluding diaryl/α,β-unsaturated/α-hetero) is 1. The summed E-state index contributed by atoms with van der Waals surface area (Å²) in [5, 5.41) is 7.92. The predicted molar refractivity (Wildman–Crippen MR) is 132 cm³/mol. The summed E-state index contributed by atoms with van der Waals surface area (Å²) < 4.78 is 9.65. The van der Waals surface area contributed by atoms with Gasteiger partial charge < -0.3 is 20.7 Å². The number of amides is 3. The molecule has 9 nitrogen and oxygen atoms in total. The summed E-state index contributed by atoms with van der Waals surface area (Å²) in [7, 11) is 0. The van der Waals surface area contributed by atoms with Crippen LogP contribution in [0.4, 0.5) is 4.79 Å². The maximum absolute atomic E-state index is 13.2. The highest BCUT2D eigenvalue weighted by Gasteiger charge is 2.31. The first-order chi connectivity index (χ1) is 16.8. The van der Waals surface area contributed by atoms with Crippen molar-refractivity contribution in [3.8, 4) is 0 Å². The molecule has 0 spiro atoms. The maximum atomic E-state index is 13.2. The van der Waals surface area contributed by atoms with Gasteiger partial charge in [-0.1, -0.05) is 44.2 Å². The molecular weight excluding hydrogens is 468 g/mol. The van der Waals surface area contributed by atoms with Crippen molar-refractivity contribution in [3.05, 3.63) is 52.5 Å². The number of nitrogens with one attached hydrogen (secondary N) is 3. The van der Waals surface area contributed by atoms with Crippen molar-refractivity contribution in [2.45, 2.75) is 64.6 Å². The highest BCUT2D eigenvalue weighted by Crippen LogP contribution is 2.16. The quantitative estimate of drug-likeness (QED) is 0.502. The molecule has 0 saturated heterocycles. The summed E-state index contributed by atoms with van der Waals surface area (Å²) in [6.07, 6.45) is 2.18. The summed E-state index contributed by atoms with van der Waals surface area (Å²) in [5.74, 6) is -1.94. The lowest BCUT2D eigenvalue weighted by Crippen LogP contribution is -2.55. The third-order valence-corrected chi connectivity index (χ3v) is 6.42. The van der Waals surface area contributed by atoms with Gasteiger partial charge in [-0.2, -0.15) is 4.37 Å². The molecule has 1 aliphatic heterocycles. The van der Waals surface area contributed by atoms with Gasteiger partial charge in [0, 0.05) is 17.8 Å². The topological polar surface area (TPSA) is 126 Å². The summed E-state index contributed by atoms with van der Waals surface area (Å²) in [5.41, 5.74) is 1.47. The van der Waals surface area contributed by atoms with Gasteiger partial charge in [0.1, 0.15) is 18.7 Å². The van der Waals surface area contributed by atoms with Crippen LogP contribution in [-0.2, 0) is 38.6 Å². The number of aromatic nitrogens is 1. The number of alkyl carbamates (subject to hydrolysis) is 1. The molecule has 0 fully saturated rings. The number of ketones is 1. The summed E-state index contributed by atoms with van der Waals surface area (Å²) in [6.45, 7) is 4.29. The van der Waals surface area contributed by atoms with Crippen molar-refractivity contribution in [1.29, 1.82) is 0 Å². The lowest BCUT2D eigenvalue weighted by Gasteiger charge is -2.23. The highest BCUT2D eigenvalue weighted by molar-refractivity contribution is 7.05. The molecule has 1 aromatic heterocycles. The van der Waals surface area contributed by atoms with Crippen LogP contribution in [-0.4, -0.2) is 46.7 Å². The molecule has 188 valence electrons. The molecular formula is C25H32N4O5S. The summed E-state index contributed by atoms with van der Waals surface area (Å²) in [6, 6.07) is 9.10. The van der Waals surface area contributed by atoms with Crippen molar-refractivity contribution in [3.63, 3.8) is 0 Å². The first-order valence-corrected chi connectivity index (χ1v) is 12.6. The number of hydrogen-bond donors (Lipinski definition) is 3. The van der Waals surface area contributed by atoms with E-state index in [1.807, 2.05) is 50.2 Å². The number of hydrogen-bond acceptors (Lipinski definition) is 7. The third kappa shape index (κ3) is 8.47. The number of rotatable bonds is 7. The van der Waals surface area contributed by atoms with Crippen LogP contribution in [0.15, 0.2) is 36.4 Å². The lowest BCUT2D eigenvalue weighted by atomic mass is 10.0. The molecule has 1 aromatic carbocycles. The van der Waals surface area contributed by atoms with Gasteiger partial charge in [-0.15, -0.1) is 0 Å². The average Bonchev–Trinajstić information content (AvgIpc) is 3.28. The van der Waals surface area contributed by atoms with Gasteiger partial charge >= 0.3 is 6.09 Å². The Bertz CT molecular complexity index is 1020. The molecule has 0 aliphatic carbocycles. The van der Waals surface area contributed by atoms with E-state index in [2.05, 4.69) is 20.3 Å². The Balaban J connectivity index is 1.69. The van der Waals surface area contributed by atoms with Gasteiger partial charge in [-0.05, 0) is 54.8 Å². The molecule has 10 heteroatoms. The van der Waals surface area contributed by atoms with E-state index in [4.69, 9.17) is 4.74 Å². The molecule has 0 saturated carbocycles. The van der Waals surface area contributed by atoms with Crippen LogP contribution in [0.3, 0.4) is 0 Å². The van der Waals surface area contributed by atoms with Gasteiger partial charge in [0.05, 0.1) is 5.69 Å². The number of nitrogens with zero attached hydrogens (tertiary/aromatic N) is 1. The number of benzene rings is 1. The van der Waals surface area contributed by atoms with Gasteiger partial charge in [0.25, 0.3) is 5.91 Å². The van der Waals surface area contributed by atoms with E-state index in [9.17, 15) is 19.2 Å². The number of carbonyl (C=O) groups excluding carboxylic acids is 4. The fraction of sp³-hybridized carbons (Fsp3) is 0.480. The lowest BCUT2D eigenvalue weighted by molar-refractivity contribution is -0.140. The molecule has 2 aromatic rings. The smallest absolute Gasteiger partial charge is 0.408 e. The first-order valence-electron chi connectivity index (χ1n) is 11.9. The van der Waals surface area contributed by atoms with E-state index < -0.39 is 35.8 Å². The van der Waals surface area contributed by atoms with Gasteiger partial charge in [-0.3, -0.25) is 14.4 Å². The van der Waals surface area contributed by atoms with E-state index in [-0.39, 0.29) is 18.9 Å². The Hall–Kier alpha value is -3.27. The third-order valence-electron chi connectivity index (χ3n) is 5.54. The standard InChI is InChI=1S/C25H32N4O5S/c1-16(2)12-21(28-25(33)34-15-17-8-4-3-5-9-17)23(31)27-20-14-18-13-19(35-29-18)10-6-7-11-26-24(32)22(20)30/h3-5,8-9,13,16,20-21H,6-7,10-12,14-15H2,1-2H3,(H,26,32)(H,27,31)(H,28,33). The van der Waals surface area contributed by atoms with Crippen molar-refractivity contribution in [1.82, 2.24) is 20.3 Å². The van der Waals surface area contributed by atoms with Gasteiger partial charge in [0.15, 0.2) is 0 Å². The Kier molecular flexibility index (Phi) is 9.77. The van der Waals surface area contributed by atoms with Crippen LogP contribution in [0.1, 0.15) is 49.2 Å². The SMILES string of the molecule is CC(C)CC(NC(=O)OCc1ccccc1)C(=O)NC1Cc2cc(sn2)CCCCNC(=O)C1=O. The van der Waals surface area contributed by atoms with E-state index in [1.54, 1.807) is 0 Å². The van der Waals surface area contributed by atoms with Crippen LogP contribution < -0.4 is 16.0 Å². The van der Waals surface area contributed by atoms with Gasteiger partial charge in [-0.25, -0.2) is 4.79 Å². The molecule has 2 atom stereocenters. The van der Waals surface area contributed by atoms with E-state index in [0.29, 0.717) is 18.7 Å². The minimum atomic E-state index is -1.09. The maximum Gasteiger partial charge on any atom is 0.408 e. The fourth-order valence-electron chi connectivity index (χ4n) is 3.74. The Morgan fingerprint density at radius 2 is 1.97 bits per heavy atom. The second kappa shape index (κ2) is 13.0. The minimum absolute atomic E-state index is 0.0656. The molecule has 1 aliphatic rings.